The molecule has 0 atom stereocenters. The van der Waals surface area contributed by atoms with Gasteiger partial charge in [-0.1, -0.05) is 29.3 Å². The Morgan fingerprint density at radius 3 is 2.46 bits per heavy atom. The van der Waals surface area contributed by atoms with Gasteiger partial charge in [0.2, 0.25) is 12.0 Å². The number of ether oxygens (including phenoxy) is 2. The van der Waals surface area contributed by atoms with Gasteiger partial charge in [0.15, 0.2) is 0 Å². The minimum Gasteiger partial charge on any atom is -0.495 e. The van der Waals surface area contributed by atoms with Crippen molar-refractivity contribution in [2.45, 2.75) is 25.3 Å². The number of fused-ring (bicyclic) bond motifs is 1. The van der Waals surface area contributed by atoms with Gasteiger partial charge >= 0.3 is 0 Å². The van der Waals surface area contributed by atoms with Crippen LogP contribution in [0.4, 0.5) is 5.95 Å². The van der Waals surface area contributed by atoms with E-state index in [0.29, 0.717) is 51.1 Å². The predicted molar refractivity (Wildman–Crippen MR) is 141 cm³/mol. The Hall–Kier alpha value is -3.87. The monoisotopic (exact) mass is 536 g/mol. The van der Waals surface area contributed by atoms with E-state index in [1.807, 2.05) is 0 Å². The lowest BCUT2D eigenvalue weighted by molar-refractivity contribution is 0.102. The molecular formula is C26H22Cl2N6O3. The molecule has 9 nitrogen and oxygen atoms in total. The highest BCUT2D eigenvalue weighted by Gasteiger charge is 2.34. The molecule has 0 aliphatic heterocycles. The maximum absolute atomic E-state index is 13.2. The summed E-state index contributed by atoms with van der Waals surface area (Å²) in [6.45, 7) is 7.09. The minimum absolute atomic E-state index is 0.128. The molecule has 0 saturated heterocycles. The smallest absolute Gasteiger partial charge is 0.260 e. The van der Waals surface area contributed by atoms with Crippen molar-refractivity contribution < 1.29 is 14.3 Å². The van der Waals surface area contributed by atoms with E-state index in [4.69, 9.17) is 39.2 Å². The van der Waals surface area contributed by atoms with Gasteiger partial charge in [-0.15, -0.1) is 0 Å². The van der Waals surface area contributed by atoms with Crippen LogP contribution in [0.1, 0.15) is 28.9 Å². The summed E-state index contributed by atoms with van der Waals surface area (Å²) in [6, 6.07) is 5.09. The number of carbonyl (C=O) groups excluding carboxylic acids is 1. The number of imidazole rings is 1. The lowest BCUT2D eigenvalue weighted by Gasteiger charge is -2.25. The summed E-state index contributed by atoms with van der Waals surface area (Å²) < 4.78 is 10.8. The van der Waals surface area contributed by atoms with Crippen LogP contribution in [0, 0.1) is 12.5 Å². The Bertz CT molecular complexity index is 1510. The Kier molecular flexibility index (Phi) is 6.87. The number of anilines is 1. The number of methoxy groups -OCH3 is 2. The number of carbonyl (C=O) groups is 1. The number of halogens is 2. The molecule has 2 heterocycles. The van der Waals surface area contributed by atoms with E-state index in [1.54, 1.807) is 24.4 Å². The summed E-state index contributed by atoms with van der Waals surface area (Å²) >= 11 is 13.3. The van der Waals surface area contributed by atoms with Gasteiger partial charge in [0.1, 0.15) is 17.0 Å². The van der Waals surface area contributed by atoms with Gasteiger partial charge in [-0.05, 0) is 18.4 Å². The number of aromatic nitrogens is 4. The Morgan fingerprint density at radius 2 is 1.81 bits per heavy atom. The Balaban J connectivity index is 1.46. The third-order valence-corrected chi connectivity index (χ3v) is 7.22. The van der Waals surface area contributed by atoms with E-state index >= 15 is 0 Å². The van der Waals surface area contributed by atoms with E-state index < -0.39 is 5.91 Å². The molecule has 0 spiro atoms. The summed E-state index contributed by atoms with van der Waals surface area (Å²) in [4.78, 5) is 33.2. The lowest BCUT2D eigenvalue weighted by Crippen LogP contribution is -2.27. The molecule has 4 aromatic rings. The van der Waals surface area contributed by atoms with Crippen molar-refractivity contribution in [3.05, 3.63) is 69.5 Å². The number of amides is 1. The number of benzene rings is 2. The van der Waals surface area contributed by atoms with Crippen molar-refractivity contribution in [3.63, 3.8) is 0 Å². The van der Waals surface area contributed by atoms with Crippen molar-refractivity contribution in [1.82, 2.24) is 19.9 Å². The van der Waals surface area contributed by atoms with E-state index in [2.05, 4.69) is 30.1 Å². The molecule has 2 N–H and O–H groups in total. The molecule has 2 aromatic carbocycles. The van der Waals surface area contributed by atoms with E-state index in [9.17, 15) is 4.79 Å². The van der Waals surface area contributed by atoms with Crippen LogP contribution in [0.15, 0.2) is 36.8 Å². The Labute approximate surface area is 223 Å². The molecule has 188 valence electrons. The van der Waals surface area contributed by atoms with Gasteiger partial charge in [0.05, 0.1) is 41.0 Å². The van der Waals surface area contributed by atoms with Crippen LogP contribution in [0.25, 0.3) is 27.0 Å². The zero-order chi connectivity index (χ0) is 26.1. The number of H-pyrrole nitrogens is 1. The first-order valence-electron chi connectivity index (χ1n) is 11.5. The molecule has 1 fully saturated rings. The molecule has 11 heteroatoms. The van der Waals surface area contributed by atoms with Gasteiger partial charge in [-0.25, -0.2) is 11.6 Å². The van der Waals surface area contributed by atoms with Crippen molar-refractivity contribution in [3.8, 4) is 22.6 Å². The summed E-state index contributed by atoms with van der Waals surface area (Å²) in [6.07, 6.45) is 7.38. The number of hydrogen-bond donors (Lipinski definition) is 2. The van der Waals surface area contributed by atoms with Crippen LogP contribution < -0.4 is 14.8 Å². The number of nitrogens with one attached hydrogen (secondary N) is 2. The van der Waals surface area contributed by atoms with E-state index in [-0.39, 0.29) is 16.1 Å². The molecule has 1 saturated carbocycles. The zero-order valence-corrected chi connectivity index (χ0v) is 21.5. The fraction of sp³-hybridized carbons (Fsp3) is 0.269. The standard InChI is InChI=1S/C26H22Cl2N6O3/c1-29-14-8-13(9-14)10-15-12-32-26(33-15)34-25(35)17-5-4-16(23-24(17)31-7-6-30-23)20-21(27)18(36-2)11-19(37-3)22(20)28/h4-7,11-14H,8-10H2,2-3H3,(H2,32,33,34,35). The molecule has 5 rings (SSSR count). The van der Waals surface area contributed by atoms with Crippen LogP contribution in [-0.2, 0) is 6.42 Å². The molecule has 37 heavy (non-hydrogen) atoms. The van der Waals surface area contributed by atoms with E-state index in [0.717, 1.165) is 25.0 Å². The third-order valence-electron chi connectivity index (χ3n) is 6.47. The summed E-state index contributed by atoms with van der Waals surface area (Å²) in [5.74, 6) is 1.17. The van der Waals surface area contributed by atoms with Crippen molar-refractivity contribution >= 4 is 46.1 Å². The van der Waals surface area contributed by atoms with Crippen molar-refractivity contribution in [2.75, 3.05) is 19.5 Å². The zero-order valence-electron chi connectivity index (χ0n) is 20.0. The van der Waals surface area contributed by atoms with Gasteiger partial charge < -0.3 is 19.3 Å². The summed E-state index contributed by atoms with van der Waals surface area (Å²) in [7, 11) is 3.00. The summed E-state index contributed by atoms with van der Waals surface area (Å²) in [5, 5.41) is 3.38. The fourth-order valence-electron chi connectivity index (χ4n) is 4.54. The maximum atomic E-state index is 13.2. The topological polar surface area (TPSA) is 106 Å². The van der Waals surface area contributed by atoms with Crippen LogP contribution in [0.3, 0.4) is 0 Å². The number of aromatic amines is 1. The van der Waals surface area contributed by atoms with Gasteiger partial charge in [0, 0.05) is 48.6 Å². The fourth-order valence-corrected chi connectivity index (χ4v) is 5.24. The van der Waals surface area contributed by atoms with Crippen LogP contribution in [0.5, 0.6) is 11.5 Å². The second-order valence-corrected chi connectivity index (χ2v) is 9.47. The largest absolute Gasteiger partial charge is 0.495 e. The highest BCUT2D eigenvalue weighted by Crippen LogP contribution is 2.47. The van der Waals surface area contributed by atoms with Gasteiger partial charge in [-0.2, -0.15) is 0 Å². The number of hydrogen-bond acceptors (Lipinski definition) is 6. The van der Waals surface area contributed by atoms with Crippen molar-refractivity contribution in [2.24, 2.45) is 5.92 Å². The SMILES string of the molecule is [C-]#[N+]C1CC(Cc2c[nH]c(NC(=O)c3ccc(-c4c(Cl)c(OC)cc(OC)c4Cl)c4nccnc34)n2)C1. The van der Waals surface area contributed by atoms with Gasteiger partial charge in [0.25, 0.3) is 5.91 Å². The minimum atomic E-state index is -0.393. The molecule has 2 aromatic heterocycles. The second-order valence-electron chi connectivity index (χ2n) is 8.72. The second kappa shape index (κ2) is 10.2. The van der Waals surface area contributed by atoms with Crippen LogP contribution in [0.2, 0.25) is 10.0 Å². The molecule has 1 amide bonds. The molecule has 0 radical (unpaired) electrons. The van der Waals surface area contributed by atoms with E-state index in [1.165, 1.54) is 26.6 Å². The summed E-state index contributed by atoms with van der Waals surface area (Å²) in [5.41, 5.74) is 3.01. The lowest BCUT2D eigenvalue weighted by atomic mass is 9.78. The molecule has 1 aliphatic rings. The Morgan fingerprint density at radius 1 is 1.14 bits per heavy atom. The first kappa shape index (κ1) is 24.8. The quantitative estimate of drug-likeness (QED) is 0.287. The molecule has 1 aliphatic carbocycles. The average molecular weight is 537 g/mol. The predicted octanol–water partition coefficient (Wildman–Crippen LogP) is 5.84. The highest BCUT2D eigenvalue weighted by atomic mass is 35.5. The van der Waals surface area contributed by atoms with Crippen LogP contribution in [-0.4, -0.2) is 46.1 Å². The number of nitrogens with zero attached hydrogens (tertiary/aromatic N) is 4. The van der Waals surface area contributed by atoms with Crippen LogP contribution >= 0.6 is 23.2 Å². The normalized spacial score (nSPS) is 16.6. The molecule has 0 bridgehead atoms. The average Bonchev–Trinajstić information content (AvgIpc) is 3.32. The first-order valence-corrected chi connectivity index (χ1v) is 12.2. The highest BCUT2D eigenvalue weighted by molar-refractivity contribution is 6.41. The molecular weight excluding hydrogens is 515 g/mol. The first-order chi connectivity index (χ1) is 17.9. The molecule has 0 unspecified atom stereocenters. The third kappa shape index (κ3) is 4.66. The van der Waals surface area contributed by atoms with Gasteiger partial charge in [-0.3, -0.25) is 20.1 Å². The van der Waals surface area contributed by atoms with Crippen molar-refractivity contribution in [1.29, 1.82) is 0 Å². The number of rotatable bonds is 7. The maximum Gasteiger partial charge on any atom is 0.260 e.